The molecule has 0 radical (unpaired) electrons. The summed E-state index contributed by atoms with van der Waals surface area (Å²) in [6.45, 7) is 5.33. The van der Waals surface area contributed by atoms with Crippen LogP contribution in [-0.2, 0) is 16.3 Å². The van der Waals surface area contributed by atoms with Gasteiger partial charge in [-0.15, -0.1) is 0 Å². The van der Waals surface area contributed by atoms with Crippen LogP contribution in [0.5, 0.6) is 5.75 Å². The van der Waals surface area contributed by atoms with Crippen LogP contribution in [0.1, 0.15) is 5.56 Å². The van der Waals surface area contributed by atoms with Crippen LogP contribution in [-0.4, -0.2) is 29.0 Å². The molecule has 0 bridgehead atoms. The van der Waals surface area contributed by atoms with Gasteiger partial charge in [0.15, 0.2) is 0 Å². The molecule has 0 heterocycles. The van der Waals surface area contributed by atoms with Gasteiger partial charge in [0.1, 0.15) is 5.75 Å². The van der Waals surface area contributed by atoms with E-state index in [1.807, 2.05) is 0 Å². The zero-order valence-electron chi connectivity index (χ0n) is 16.4. The molecule has 166 valence electrons. The van der Waals surface area contributed by atoms with E-state index in [4.69, 9.17) is 0 Å². The minimum absolute atomic E-state index is 0.278. The molecule has 0 saturated carbocycles. The fraction of sp³-hybridized carbons (Fsp3) is 0.333. The first kappa shape index (κ1) is 24.1. The lowest BCUT2D eigenvalue weighted by Gasteiger charge is -2.30. The van der Waals surface area contributed by atoms with Gasteiger partial charge < -0.3 is 9.08 Å². The molecule has 0 aromatic heterocycles. The third kappa shape index (κ3) is 5.09. The lowest BCUT2D eigenvalue weighted by molar-refractivity contribution is -0.137. The molecule has 0 unspecified atom stereocenters. The number of halogens is 6. The number of nitrogens with zero attached hydrogens (tertiary/aromatic N) is 1. The van der Waals surface area contributed by atoms with Crippen LogP contribution in [0, 0.1) is 0 Å². The van der Waals surface area contributed by atoms with Crippen LogP contribution < -0.4 is 14.3 Å². The van der Waals surface area contributed by atoms with Gasteiger partial charge in [-0.2, -0.15) is 34.8 Å². The monoisotopic (exact) mass is 471 g/mol. The van der Waals surface area contributed by atoms with E-state index in [2.05, 4.69) is 4.18 Å². The van der Waals surface area contributed by atoms with Crippen molar-refractivity contribution in [1.29, 1.82) is 0 Å². The van der Waals surface area contributed by atoms with Crippen LogP contribution in [0.15, 0.2) is 42.5 Å². The molecule has 0 atom stereocenters. The molecule has 0 spiro atoms. The molecule has 12 heteroatoms. The van der Waals surface area contributed by atoms with Crippen LogP contribution in [0.2, 0.25) is 19.6 Å². The summed E-state index contributed by atoms with van der Waals surface area (Å²) < 4.78 is 104. The Morgan fingerprint density at radius 2 is 1.43 bits per heavy atom. The first-order valence-corrected chi connectivity index (χ1v) is 13.4. The van der Waals surface area contributed by atoms with Crippen LogP contribution in [0.4, 0.5) is 37.7 Å². The predicted octanol–water partition coefficient (Wildman–Crippen LogP) is 5.25. The van der Waals surface area contributed by atoms with E-state index >= 15 is 0 Å². The molecule has 0 aliphatic heterocycles. The fourth-order valence-electron chi connectivity index (χ4n) is 2.80. The summed E-state index contributed by atoms with van der Waals surface area (Å²) in [7, 11) is -6.86. The normalized spacial score (nSPS) is 13.3. The highest BCUT2D eigenvalue weighted by molar-refractivity contribution is 7.88. The molecule has 0 aliphatic carbocycles. The quantitative estimate of drug-likeness (QED) is 0.259. The van der Waals surface area contributed by atoms with Crippen molar-refractivity contribution < 1.29 is 38.9 Å². The maximum Gasteiger partial charge on any atom is 0.534 e. The van der Waals surface area contributed by atoms with E-state index in [1.54, 1.807) is 25.7 Å². The average molecular weight is 471 g/mol. The highest BCUT2D eigenvalue weighted by atomic mass is 32.2. The molecule has 30 heavy (non-hydrogen) atoms. The third-order valence-electron chi connectivity index (χ3n) is 4.18. The molecule has 2 rings (SSSR count). The number of anilines is 2. The van der Waals surface area contributed by atoms with Crippen molar-refractivity contribution in [1.82, 2.24) is 0 Å². The average Bonchev–Trinajstić information content (AvgIpc) is 2.58. The number of hydrogen-bond donors (Lipinski definition) is 0. The second kappa shape index (κ2) is 7.80. The van der Waals surface area contributed by atoms with Crippen molar-refractivity contribution in [3.63, 3.8) is 0 Å². The molecular formula is C18H19F6NO3SSi. The highest BCUT2D eigenvalue weighted by Gasteiger charge is 2.49. The standard InChI is InChI=1S/C18H19F6NO3SSi/c1-25(13-10-8-12(9-11-13)17(19,20)21)14-6-5-7-15(16(14)30(2,3)4)28-29(26,27)18(22,23)24/h5-11H,1-4H3. The molecule has 0 aliphatic rings. The number of benzene rings is 2. The molecule has 0 fully saturated rings. The van der Waals surface area contributed by atoms with E-state index < -0.39 is 41.2 Å². The van der Waals surface area contributed by atoms with E-state index in [0.717, 1.165) is 18.2 Å². The zero-order valence-corrected chi connectivity index (χ0v) is 18.2. The van der Waals surface area contributed by atoms with Gasteiger partial charge in [-0.05, 0) is 36.4 Å². The van der Waals surface area contributed by atoms with Gasteiger partial charge in [0.05, 0.1) is 13.6 Å². The second-order valence-electron chi connectivity index (χ2n) is 7.49. The van der Waals surface area contributed by atoms with Gasteiger partial charge in [0.25, 0.3) is 0 Å². The van der Waals surface area contributed by atoms with Gasteiger partial charge >= 0.3 is 21.8 Å². The van der Waals surface area contributed by atoms with Crippen molar-refractivity contribution in [2.45, 2.75) is 31.3 Å². The Morgan fingerprint density at radius 1 is 0.900 bits per heavy atom. The highest BCUT2D eigenvalue weighted by Crippen LogP contribution is 2.34. The van der Waals surface area contributed by atoms with Crippen molar-refractivity contribution >= 4 is 34.8 Å². The zero-order chi connectivity index (χ0) is 23.1. The predicted molar refractivity (Wildman–Crippen MR) is 105 cm³/mol. The maximum atomic E-state index is 12.8. The molecule has 0 amide bonds. The summed E-state index contributed by atoms with van der Waals surface area (Å²) in [6, 6.07) is 8.19. The van der Waals surface area contributed by atoms with Gasteiger partial charge in [0, 0.05) is 23.6 Å². The first-order valence-electron chi connectivity index (χ1n) is 8.50. The SMILES string of the molecule is CN(c1ccc(C(F)(F)F)cc1)c1cccc(OS(=O)(=O)C(F)(F)F)c1[Si](C)(C)C. The Labute approximate surface area is 171 Å². The van der Waals surface area contributed by atoms with Crippen molar-refractivity contribution in [2.75, 3.05) is 11.9 Å². The summed E-state index contributed by atoms with van der Waals surface area (Å²) in [5, 5.41) is 0.278. The van der Waals surface area contributed by atoms with Crippen molar-refractivity contribution in [3.8, 4) is 5.75 Å². The Hall–Kier alpha value is -2.21. The summed E-state index contributed by atoms with van der Waals surface area (Å²) >= 11 is 0. The largest absolute Gasteiger partial charge is 0.534 e. The number of alkyl halides is 6. The van der Waals surface area contributed by atoms with Crippen LogP contribution >= 0.6 is 0 Å². The molecule has 4 nitrogen and oxygen atoms in total. The van der Waals surface area contributed by atoms with Crippen LogP contribution in [0.25, 0.3) is 0 Å². The number of rotatable bonds is 5. The third-order valence-corrected chi connectivity index (χ3v) is 7.15. The summed E-state index contributed by atoms with van der Waals surface area (Å²) in [5.41, 5.74) is -5.78. The molecular weight excluding hydrogens is 452 g/mol. The minimum Gasteiger partial charge on any atom is -0.376 e. The van der Waals surface area contributed by atoms with Crippen LogP contribution in [0.3, 0.4) is 0 Å². The minimum atomic E-state index is -5.88. The Balaban J connectivity index is 2.58. The van der Waals surface area contributed by atoms with Crippen molar-refractivity contribution in [3.05, 3.63) is 48.0 Å². The van der Waals surface area contributed by atoms with Gasteiger partial charge in [-0.25, -0.2) is 0 Å². The second-order valence-corrected chi connectivity index (χ2v) is 14.0. The van der Waals surface area contributed by atoms with E-state index in [1.165, 1.54) is 30.1 Å². The molecule has 0 N–H and O–H groups in total. The lowest BCUT2D eigenvalue weighted by atomic mass is 10.1. The Morgan fingerprint density at radius 3 is 1.87 bits per heavy atom. The maximum absolute atomic E-state index is 12.8. The summed E-state index contributed by atoms with van der Waals surface area (Å²) in [5.74, 6) is -0.456. The smallest absolute Gasteiger partial charge is 0.376 e. The Kier molecular flexibility index (Phi) is 6.26. The molecule has 0 saturated heterocycles. The Bertz CT molecular complexity index is 1010. The lowest BCUT2D eigenvalue weighted by Crippen LogP contribution is -2.43. The van der Waals surface area contributed by atoms with E-state index in [0.29, 0.717) is 11.4 Å². The van der Waals surface area contributed by atoms with Gasteiger partial charge in [0.2, 0.25) is 0 Å². The summed E-state index contributed by atoms with van der Waals surface area (Å²) in [6.07, 6.45) is -4.51. The van der Waals surface area contributed by atoms with Gasteiger partial charge in [-0.1, -0.05) is 25.7 Å². The number of hydrogen-bond acceptors (Lipinski definition) is 4. The summed E-state index contributed by atoms with van der Waals surface area (Å²) in [4.78, 5) is 1.47. The first-order chi connectivity index (χ1) is 13.4. The fourth-order valence-corrected chi connectivity index (χ4v) is 5.24. The van der Waals surface area contributed by atoms with E-state index in [-0.39, 0.29) is 5.19 Å². The van der Waals surface area contributed by atoms with Gasteiger partial charge in [-0.3, -0.25) is 0 Å². The van der Waals surface area contributed by atoms with Crippen molar-refractivity contribution in [2.24, 2.45) is 0 Å². The molecule has 2 aromatic carbocycles. The van der Waals surface area contributed by atoms with E-state index in [9.17, 15) is 34.8 Å². The topological polar surface area (TPSA) is 46.6 Å². The molecule has 2 aromatic rings.